The second-order valence-electron chi connectivity index (χ2n) is 12.7. The highest BCUT2D eigenvalue weighted by molar-refractivity contribution is 6.21. The molecule has 3 aromatic carbocycles. The molecule has 48 heavy (non-hydrogen) atoms. The van der Waals surface area contributed by atoms with Gasteiger partial charge in [0.05, 0.1) is 34.8 Å². The molecule has 9 nitrogen and oxygen atoms in total. The second-order valence-corrected chi connectivity index (χ2v) is 12.7. The summed E-state index contributed by atoms with van der Waals surface area (Å²) in [6.45, 7) is 6.32. The summed E-state index contributed by atoms with van der Waals surface area (Å²) in [7, 11) is 0. The molecule has 0 fully saturated rings. The third-order valence-corrected chi connectivity index (χ3v) is 8.25. The Morgan fingerprint density at radius 1 is 0.875 bits per heavy atom. The molecule has 3 heterocycles. The molecule has 0 saturated carbocycles. The summed E-state index contributed by atoms with van der Waals surface area (Å²) in [6, 6.07) is 21.9. The van der Waals surface area contributed by atoms with Gasteiger partial charge in [-0.25, -0.2) is 18.4 Å². The van der Waals surface area contributed by atoms with Gasteiger partial charge >= 0.3 is 0 Å². The largest absolute Gasteiger partial charge is 0.328 e. The van der Waals surface area contributed by atoms with Crippen molar-refractivity contribution in [3.63, 3.8) is 0 Å². The molecule has 1 aliphatic heterocycles. The molecule has 3 amide bonds. The zero-order valence-corrected chi connectivity index (χ0v) is 26.8. The first kappa shape index (κ1) is 32.4. The molecule has 1 atom stereocenters. The lowest BCUT2D eigenvalue weighted by Gasteiger charge is -2.40. The van der Waals surface area contributed by atoms with Gasteiger partial charge in [0.25, 0.3) is 17.7 Å². The number of hydrogen-bond donors (Lipinski definition) is 0. The van der Waals surface area contributed by atoms with Crippen LogP contribution >= 0.6 is 0 Å². The maximum Gasteiger partial charge on any atom is 0.261 e. The van der Waals surface area contributed by atoms with Gasteiger partial charge in [-0.2, -0.15) is 5.10 Å². The van der Waals surface area contributed by atoms with Crippen LogP contribution in [0.3, 0.4) is 0 Å². The van der Waals surface area contributed by atoms with Crippen molar-refractivity contribution in [2.45, 2.75) is 39.8 Å². The molecule has 0 spiro atoms. The van der Waals surface area contributed by atoms with E-state index >= 15 is 4.39 Å². The Bertz CT molecular complexity index is 1940. The highest BCUT2D eigenvalue weighted by atomic mass is 19.1. The Labute approximate surface area is 276 Å². The Kier molecular flexibility index (Phi) is 8.95. The van der Waals surface area contributed by atoms with Crippen LogP contribution < -0.4 is 0 Å². The van der Waals surface area contributed by atoms with Gasteiger partial charge in [-0.1, -0.05) is 63.2 Å². The molecule has 2 aromatic heterocycles. The Morgan fingerprint density at radius 2 is 1.56 bits per heavy atom. The van der Waals surface area contributed by atoms with Gasteiger partial charge in [0, 0.05) is 25.5 Å². The topological polar surface area (TPSA) is 101 Å². The highest BCUT2D eigenvalue weighted by Gasteiger charge is 2.40. The van der Waals surface area contributed by atoms with Crippen LogP contribution in [0.5, 0.6) is 0 Å². The van der Waals surface area contributed by atoms with Crippen LogP contribution in [0.1, 0.15) is 75.7 Å². The quantitative estimate of drug-likeness (QED) is 0.159. The summed E-state index contributed by atoms with van der Waals surface area (Å²) in [5, 5.41) is 4.66. The van der Waals surface area contributed by atoms with Crippen molar-refractivity contribution in [3.8, 4) is 11.4 Å². The van der Waals surface area contributed by atoms with Gasteiger partial charge in [-0.3, -0.25) is 24.3 Å². The molecule has 11 heteroatoms. The van der Waals surface area contributed by atoms with E-state index in [9.17, 15) is 18.8 Å². The van der Waals surface area contributed by atoms with E-state index in [0.717, 1.165) is 23.8 Å². The van der Waals surface area contributed by atoms with E-state index < -0.39 is 23.1 Å². The summed E-state index contributed by atoms with van der Waals surface area (Å²) >= 11 is 0. The third-order valence-electron chi connectivity index (χ3n) is 8.25. The SMILES string of the molecule is CC(C)(C)[C@H](c1nc(-c2cc(F)ccc2F)nn1Cc1ccccc1)N(CCCN1C(=O)c2ccccc2C1=O)C(=O)c1cccnc1. The number of fused-ring (bicyclic) bond motifs is 1. The number of nitrogens with zero attached hydrogens (tertiary/aromatic N) is 6. The fraction of sp³-hybridized carbons (Fsp3) is 0.243. The smallest absolute Gasteiger partial charge is 0.261 e. The number of amides is 3. The van der Waals surface area contributed by atoms with Crippen LogP contribution in [0.4, 0.5) is 8.78 Å². The predicted octanol–water partition coefficient (Wildman–Crippen LogP) is 6.58. The van der Waals surface area contributed by atoms with E-state index in [1.165, 1.54) is 11.1 Å². The van der Waals surface area contributed by atoms with Gasteiger partial charge in [-0.05, 0) is 59.9 Å². The Hall–Kier alpha value is -5.58. The number of benzene rings is 3. The molecule has 1 aliphatic rings. The van der Waals surface area contributed by atoms with Gasteiger partial charge in [0.15, 0.2) is 11.6 Å². The van der Waals surface area contributed by atoms with E-state index in [1.54, 1.807) is 52.2 Å². The van der Waals surface area contributed by atoms with Crippen LogP contribution in [-0.4, -0.2) is 60.4 Å². The molecule has 0 unspecified atom stereocenters. The Balaban J connectivity index is 1.41. The van der Waals surface area contributed by atoms with Crippen LogP contribution in [-0.2, 0) is 6.54 Å². The standard InChI is InChI=1S/C37H34F2N6O3/c1-37(2,3)31(33-41-32(29-21-26(38)16-17-30(29)39)42-45(33)23-24-11-5-4-6-12-24)43(34(46)25-13-9-18-40-22-25)19-10-20-44-35(47)27-14-7-8-15-28(27)36(44)48/h4-9,11-18,21-22,31H,10,19-20,23H2,1-3H3/t31-/m0/s1. The molecule has 0 bridgehead atoms. The number of hydrogen-bond acceptors (Lipinski definition) is 6. The van der Waals surface area contributed by atoms with Crippen molar-refractivity contribution in [1.29, 1.82) is 0 Å². The van der Waals surface area contributed by atoms with Gasteiger partial charge < -0.3 is 4.90 Å². The maximum absolute atomic E-state index is 15.1. The van der Waals surface area contributed by atoms with Gasteiger partial charge in [-0.15, -0.1) is 0 Å². The summed E-state index contributed by atoms with van der Waals surface area (Å²) in [4.78, 5) is 52.3. The number of carbonyl (C=O) groups excluding carboxylic acids is 3. The molecule has 5 aromatic rings. The number of aromatic nitrogens is 4. The average Bonchev–Trinajstić information content (AvgIpc) is 3.59. The van der Waals surface area contributed by atoms with Gasteiger partial charge in [0.1, 0.15) is 11.6 Å². The molecule has 0 N–H and O–H groups in total. The van der Waals surface area contributed by atoms with Crippen LogP contribution in [0, 0.1) is 17.0 Å². The highest BCUT2D eigenvalue weighted by Crippen LogP contribution is 2.39. The van der Waals surface area contributed by atoms with Crippen molar-refractivity contribution >= 4 is 17.7 Å². The maximum atomic E-state index is 15.1. The minimum absolute atomic E-state index is 0.0213. The molecule has 0 saturated heterocycles. The monoisotopic (exact) mass is 648 g/mol. The summed E-state index contributed by atoms with van der Waals surface area (Å²) in [6.07, 6.45) is 3.31. The second kappa shape index (κ2) is 13.3. The lowest BCUT2D eigenvalue weighted by atomic mass is 9.84. The van der Waals surface area contributed by atoms with Crippen molar-refractivity contribution in [1.82, 2.24) is 29.5 Å². The van der Waals surface area contributed by atoms with Crippen molar-refractivity contribution in [3.05, 3.63) is 137 Å². The zero-order chi connectivity index (χ0) is 34.0. The molecule has 244 valence electrons. The predicted molar refractivity (Wildman–Crippen MR) is 175 cm³/mol. The molecule has 0 radical (unpaired) electrons. The van der Waals surface area contributed by atoms with Crippen LogP contribution in [0.2, 0.25) is 0 Å². The van der Waals surface area contributed by atoms with Crippen LogP contribution in [0.15, 0.2) is 97.3 Å². The number of rotatable bonds is 10. The Morgan fingerprint density at radius 3 is 2.21 bits per heavy atom. The fourth-order valence-corrected chi connectivity index (χ4v) is 6.05. The van der Waals surface area contributed by atoms with Gasteiger partial charge in [0.2, 0.25) is 0 Å². The first-order valence-electron chi connectivity index (χ1n) is 15.6. The van der Waals surface area contributed by atoms with Crippen LogP contribution in [0.25, 0.3) is 11.4 Å². The normalized spacial score (nSPS) is 13.5. The van der Waals surface area contributed by atoms with Crippen molar-refractivity contribution < 1.29 is 23.2 Å². The third kappa shape index (κ3) is 6.48. The summed E-state index contributed by atoms with van der Waals surface area (Å²) in [5.41, 5.74) is 1.16. The number of carbonyl (C=O) groups is 3. The fourth-order valence-electron chi connectivity index (χ4n) is 6.05. The summed E-state index contributed by atoms with van der Waals surface area (Å²) in [5.74, 6) is -2.08. The lowest BCUT2D eigenvalue weighted by Crippen LogP contribution is -2.44. The van der Waals surface area contributed by atoms with E-state index in [0.29, 0.717) is 22.5 Å². The molecule has 6 rings (SSSR count). The summed E-state index contributed by atoms with van der Waals surface area (Å²) < 4.78 is 31.0. The van der Waals surface area contributed by atoms with E-state index in [2.05, 4.69) is 10.1 Å². The molecule has 0 aliphatic carbocycles. The number of halogens is 2. The minimum Gasteiger partial charge on any atom is -0.328 e. The van der Waals surface area contributed by atoms with E-state index in [-0.39, 0.29) is 55.2 Å². The van der Waals surface area contributed by atoms with Crippen molar-refractivity contribution in [2.75, 3.05) is 13.1 Å². The zero-order valence-electron chi connectivity index (χ0n) is 26.8. The number of pyridine rings is 1. The first-order valence-corrected chi connectivity index (χ1v) is 15.6. The minimum atomic E-state index is -0.742. The van der Waals surface area contributed by atoms with Crippen molar-refractivity contribution in [2.24, 2.45) is 5.41 Å². The average molecular weight is 649 g/mol. The molecular weight excluding hydrogens is 614 g/mol. The van der Waals surface area contributed by atoms with E-state index in [4.69, 9.17) is 4.98 Å². The first-order chi connectivity index (χ1) is 23.0. The lowest BCUT2D eigenvalue weighted by molar-refractivity contribution is 0.0461. The number of imide groups is 1. The molecular formula is C37H34F2N6O3. The van der Waals surface area contributed by atoms with E-state index in [1.807, 2.05) is 51.1 Å².